The lowest BCUT2D eigenvalue weighted by Crippen LogP contribution is -2.30. The molecule has 2 heteroatoms. The lowest BCUT2D eigenvalue weighted by molar-refractivity contribution is 0.498. The molecule has 90 valence electrons. The molecule has 15 heavy (non-hydrogen) atoms. The largest absolute Gasteiger partial charge is 0.313 e. The van der Waals surface area contributed by atoms with Gasteiger partial charge in [-0.3, -0.25) is 0 Å². The summed E-state index contributed by atoms with van der Waals surface area (Å²) in [6, 6.07) is 0.747. The zero-order valence-electron chi connectivity index (χ0n) is 10.4. The molecule has 0 heterocycles. The van der Waals surface area contributed by atoms with Gasteiger partial charge in [0.15, 0.2) is 0 Å². The van der Waals surface area contributed by atoms with Gasteiger partial charge in [0, 0.05) is 23.6 Å². The minimum atomic E-state index is 0.747. The molecule has 1 N–H and O–H groups in total. The fraction of sp³-hybridized carbons (Fsp3) is 1.00. The lowest BCUT2D eigenvalue weighted by atomic mass is 10.0. The average Bonchev–Trinajstić information content (AvgIpc) is 2.31. The number of thioether (sulfide) groups is 1. The third-order valence-corrected chi connectivity index (χ3v) is 4.81. The topological polar surface area (TPSA) is 12.0 Å². The summed E-state index contributed by atoms with van der Waals surface area (Å²) in [5.74, 6) is 1.31. The maximum absolute atomic E-state index is 3.64. The molecule has 1 aliphatic carbocycles. The second kappa shape index (κ2) is 8.46. The van der Waals surface area contributed by atoms with Crippen molar-refractivity contribution >= 4 is 11.8 Å². The van der Waals surface area contributed by atoms with Gasteiger partial charge in [0.1, 0.15) is 0 Å². The van der Waals surface area contributed by atoms with Crippen LogP contribution < -0.4 is 5.32 Å². The van der Waals surface area contributed by atoms with E-state index in [1.54, 1.807) is 0 Å². The molecule has 1 fully saturated rings. The van der Waals surface area contributed by atoms with Crippen LogP contribution >= 0.6 is 11.8 Å². The third kappa shape index (κ3) is 5.82. The standard InChI is InChI=1S/C13H27NS/c1-3-12(4-2)14-10-11-15-13-8-6-5-7-9-13/h12-14H,3-11H2,1-2H3. The number of hydrogen-bond donors (Lipinski definition) is 1. The van der Waals surface area contributed by atoms with Crippen molar-refractivity contribution < 1.29 is 0 Å². The molecule has 0 aliphatic heterocycles. The van der Waals surface area contributed by atoms with E-state index in [-0.39, 0.29) is 0 Å². The molecule has 0 aromatic carbocycles. The van der Waals surface area contributed by atoms with Crippen LogP contribution in [0.25, 0.3) is 0 Å². The molecular formula is C13H27NS. The monoisotopic (exact) mass is 229 g/mol. The van der Waals surface area contributed by atoms with Gasteiger partial charge in [-0.25, -0.2) is 0 Å². The maximum Gasteiger partial charge on any atom is 0.00621 e. The van der Waals surface area contributed by atoms with Crippen molar-refractivity contribution in [2.24, 2.45) is 0 Å². The molecule has 0 radical (unpaired) electrons. The Kier molecular flexibility index (Phi) is 7.54. The van der Waals surface area contributed by atoms with E-state index in [0.29, 0.717) is 0 Å². The Morgan fingerprint density at radius 3 is 2.40 bits per heavy atom. The number of nitrogens with one attached hydrogen (secondary N) is 1. The molecule has 1 nitrogen and oxygen atoms in total. The van der Waals surface area contributed by atoms with Crippen molar-refractivity contribution in [1.29, 1.82) is 0 Å². The quantitative estimate of drug-likeness (QED) is 0.666. The van der Waals surface area contributed by atoms with Gasteiger partial charge in [-0.1, -0.05) is 33.1 Å². The first-order chi connectivity index (χ1) is 7.36. The van der Waals surface area contributed by atoms with Gasteiger partial charge < -0.3 is 5.32 Å². The summed E-state index contributed by atoms with van der Waals surface area (Å²) >= 11 is 2.20. The zero-order chi connectivity index (χ0) is 10.9. The van der Waals surface area contributed by atoms with E-state index in [1.807, 2.05) is 0 Å². The summed E-state index contributed by atoms with van der Waals surface area (Å²) in [7, 11) is 0. The molecule has 0 amide bonds. The Bertz CT molecular complexity index is 139. The van der Waals surface area contributed by atoms with E-state index in [0.717, 1.165) is 11.3 Å². The molecule has 1 aliphatic rings. The highest BCUT2D eigenvalue weighted by Gasteiger charge is 2.13. The fourth-order valence-electron chi connectivity index (χ4n) is 2.30. The van der Waals surface area contributed by atoms with Crippen LogP contribution in [0.5, 0.6) is 0 Å². The van der Waals surface area contributed by atoms with E-state index in [1.165, 1.54) is 57.2 Å². The van der Waals surface area contributed by atoms with E-state index >= 15 is 0 Å². The molecule has 0 bridgehead atoms. The summed E-state index contributed by atoms with van der Waals surface area (Å²) in [4.78, 5) is 0. The Morgan fingerprint density at radius 2 is 1.80 bits per heavy atom. The Morgan fingerprint density at radius 1 is 1.13 bits per heavy atom. The van der Waals surface area contributed by atoms with Crippen LogP contribution in [0.3, 0.4) is 0 Å². The van der Waals surface area contributed by atoms with E-state index in [4.69, 9.17) is 0 Å². The normalized spacial score (nSPS) is 18.6. The van der Waals surface area contributed by atoms with Crippen molar-refractivity contribution in [2.75, 3.05) is 12.3 Å². The highest BCUT2D eigenvalue weighted by molar-refractivity contribution is 7.99. The van der Waals surface area contributed by atoms with Crippen molar-refractivity contribution in [3.8, 4) is 0 Å². The lowest BCUT2D eigenvalue weighted by Gasteiger charge is -2.21. The maximum atomic E-state index is 3.64. The molecule has 0 saturated heterocycles. The number of hydrogen-bond acceptors (Lipinski definition) is 2. The molecule has 0 aromatic rings. The van der Waals surface area contributed by atoms with E-state index < -0.39 is 0 Å². The van der Waals surface area contributed by atoms with Gasteiger partial charge >= 0.3 is 0 Å². The van der Waals surface area contributed by atoms with E-state index in [2.05, 4.69) is 30.9 Å². The average molecular weight is 229 g/mol. The Hall–Kier alpha value is 0.310. The zero-order valence-corrected chi connectivity index (χ0v) is 11.2. The summed E-state index contributed by atoms with van der Waals surface area (Å²) < 4.78 is 0. The van der Waals surface area contributed by atoms with Gasteiger partial charge in [-0.2, -0.15) is 11.8 Å². The molecule has 0 unspecified atom stereocenters. The summed E-state index contributed by atoms with van der Waals surface area (Å²) in [6.45, 7) is 5.75. The Labute approximate surface area is 99.8 Å². The first-order valence-electron chi connectivity index (χ1n) is 6.71. The molecule has 0 spiro atoms. The van der Waals surface area contributed by atoms with Crippen molar-refractivity contribution in [2.45, 2.75) is 70.1 Å². The van der Waals surface area contributed by atoms with Gasteiger partial charge in [-0.15, -0.1) is 0 Å². The molecular weight excluding hydrogens is 202 g/mol. The van der Waals surface area contributed by atoms with Crippen LogP contribution in [0.1, 0.15) is 58.8 Å². The summed E-state index contributed by atoms with van der Waals surface area (Å²) in [6.07, 6.45) is 9.89. The minimum Gasteiger partial charge on any atom is -0.313 e. The molecule has 0 aromatic heterocycles. The molecule has 1 rings (SSSR count). The van der Waals surface area contributed by atoms with Crippen LogP contribution in [0, 0.1) is 0 Å². The first kappa shape index (κ1) is 13.4. The van der Waals surface area contributed by atoms with Crippen LogP contribution in [0.4, 0.5) is 0 Å². The van der Waals surface area contributed by atoms with Crippen LogP contribution in [-0.4, -0.2) is 23.6 Å². The second-order valence-electron chi connectivity index (χ2n) is 4.60. The molecule has 1 saturated carbocycles. The molecule has 0 atom stereocenters. The first-order valence-corrected chi connectivity index (χ1v) is 7.76. The fourth-order valence-corrected chi connectivity index (χ4v) is 3.53. The minimum absolute atomic E-state index is 0.747. The highest BCUT2D eigenvalue weighted by atomic mass is 32.2. The van der Waals surface area contributed by atoms with Crippen LogP contribution in [0.15, 0.2) is 0 Å². The van der Waals surface area contributed by atoms with Gasteiger partial charge in [-0.05, 0) is 25.7 Å². The number of rotatable bonds is 7. The second-order valence-corrected chi connectivity index (χ2v) is 6.01. The SMILES string of the molecule is CCC(CC)NCCSC1CCCCC1. The van der Waals surface area contributed by atoms with Gasteiger partial charge in [0.25, 0.3) is 0 Å². The van der Waals surface area contributed by atoms with Crippen molar-refractivity contribution in [1.82, 2.24) is 5.32 Å². The van der Waals surface area contributed by atoms with Crippen molar-refractivity contribution in [3.05, 3.63) is 0 Å². The van der Waals surface area contributed by atoms with Gasteiger partial charge in [0.05, 0.1) is 0 Å². The van der Waals surface area contributed by atoms with Crippen LogP contribution in [0.2, 0.25) is 0 Å². The smallest absolute Gasteiger partial charge is 0.00621 e. The van der Waals surface area contributed by atoms with Gasteiger partial charge in [0.2, 0.25) is 0 Å². The summed E-state index contributed by atoms with van der Waals surface area (Å²) in [5.41, 5.74) is 0. The third-order valence-electron chi connectivity index (χ3n) is 3.43. The van der Waals surface area contributed by atoms with Crippen molar-refractivity contribution in [3.63, 3.8) is 0 Å². The highest BCUT2D eigenvalue weighted by Crippen LogP contribution is 2.27. The predicted molar refractivity (Wildman–Crippen MR) is 71.7 cm³/mol. The Balaban J connectivity index is 1.95. The van der Waals surface area contributed by atoms with Crippen LogP contribution in [-0.2, 0) is 0 Å². The summed E-state index contributed by atoms with van der Waals surface area (Å²) in [5, 5.41) is 4.61. The predicted octanol–water partition coefficient (Wildman–Crippen LogP) is 3.83. The van der Waals surface area contributed by atoms with E-state index in [9.17, 15) is 0 Å².